The standard InChI is InChI=1S/C15H19N3O/c1-10-3-4-13(19-2)11(7-10)12-8-17-14(18-12)15(9-16)5-6-15/h3-4,7-8H,5-6,9,16H2,1-2H3,(H,17,18). The zero-order chi connectivity index (χ0) is 13.5. The molecule has 3 N–H and O–H groups in total. The Morgan fingerprint density at radius 1 is 1.42 bits per heavy atom. The number of nitrogens with two attached hydrogens (primary N) is 1. The third kappa shape index (κ3) is 2.02. The lowest BCUT2D eigenvalue weighted by atomic mass is 10.1. The zero-order valence-corrected chi connectivity index (χ0v) is 11.4. The molecule has 0 amide bonds. The minimum absolute atomic E-state index is 0.0926. The fourth-order valence-corrected chi connectivity index (χ4v) is 2.45. The summed E-state index contributed by atoms with van der Waals surface area (Å²) in [4.78, 5) is 7.93. The average Bonchev–Trinajstić information content (AvgIpc) is 3.08. The number of methoxy groups -OCH3 is 1. The van der Waals surface area contributed by atoms with Crippen molar-refractivity contribution in [1.29, 1.82) is 0 Å². The molecule has 0 aliphatic heterocycles. The van der Waals surface area contributed by atoms with Crippen molar-refractivity contribution >= 4 is 0 Å². The van der Waals surface area contributed by atoms with Crippen molar-refractivity contribution in [3.8, 4) is 17.0 Å². The zero-order valence-electron chi connectivity index (χ0n) is 11.4. The summed E-state index contributed by atoms with van der Waals surface area (Å²) >= 11 is 0. The summed E-state index contributed by atoms with van der Waals surface area (Å²) in [7, 11) is 1.69. The summed E-state index contributed by atoms with van der Waals surface area (Å²) in [6, 6.07) is 6.14. The van der Waals surface area contributed by atoms with Crippen LogP contribution in [0.25, 0.3) is 11.3 Å². The first kappa shape index (κ1) is 12.2. The SMILES string of the molecule is COc1ccc(C)cc1-c1cnc(C2(CN)CC2)[nH]1. The van der Waals surface area contributed by atoms with Crippen molar-refractivity contribution in [2.24, 2.45) is 5.73 Å². The smallest absolute Gasteiger partial charge is 0.128 e. The van der Waals surface area contributed by atoms with Gasteiger partial charge in [-0.15, -0.1) is 0 Å². The van der Waals surface area contributed by atoms with Crippen LogP contribution in [0.3, 0.4) is 0 Å². The third-order valence-corrected chi connectivity index (χ3v) is 3.97. The molecular formula is C15H19N3O. The number of H-pyrrole nitrogens is 1. The van der Waals surface area contributed by atoms with Gasteiger partial charge in [0, 0.05) is 17.5 Å². The molecule has 1 aliphatic carbocycles. The number of nitrogens with one attached hydrogen (secondary N) is 1. The minimum atomic E-state index is 0.0926. The van der Waals surface area contributed by atoms with Crippen molar-refractivity contribution in [3.63, 3.8) is 0 Å². The van der Waals surface area contributed by atoms with Gasteiger partial charge in [0.1, 0.15) is 11.6 Å². The monoisotopic (exact) mass is 257 g/mol. The lowest BCUT2D eigenvalue weighted by Crippen LogP contribution is -2.21. The van der Waals surface area contributed by atoms with Gasteiger partial charge in [-0.3, -0.25) is 0 Å². The molecular weight excluding hydrogens is 238 g/mol. The van der Waals surface area contributed by atoms with E-state index in [9.17, 15) is 0 Å². The van der Waals surface area contributed by atoms with Crippen LogP contribution in [-0.2, 0) is 5.41 Å². The van der Waals surface area contributed by atoms with Crippen LogP contribution in [0.5, 0.6) is 5.75 Å². The second-order valence-corrected chi connectivity index (χ2v) is 5.33. The van der Waals surface area contributed by atoms with Gasteiger partial charge in [0.05, 0.1) is 19.0 Å². The lowest BCUT2D eigenvalue weighted by molar-refractivity contribution is 0.416. The second kappa shape index (κ2) is 4.38. The third-order valence-electron chi connectivity index (χ3n) is 3.97. The highest BCUT2D eigenvalue weighted by Gasteiger charge is 2.45. The van der Waals surface area contributed by atoms with Crippen molar-refractivity contribution in [2.75, 3.05) is 13.7 Å². The van der Waals surface area contributed by atoms with Crippen LogP contribution in [0.2, 0.25) is 0 Å². The Balaban J connectivity index is 2.01. The van der Waals surface area contributed by atoms with E-state index >= 15 is 0 Å². The van der Waals surface area contributed by atoms with Gasteiger partial charge in [0.2, 0.25) is 0 Å². The van der Waals surface area contributed by atoms with Crippen LogP contribution in [0.1, 0.15) is 24.2 Å². The van der Waals surface area contributed by atoms with Crippen molar-refractivity contribution in [3.05, 3.63) is 35.8 Å². The number of imidazole rings is 1. The predicted octanol–water partition coefficient (Wildman–Crippen LogP) is 2.38. The Kier molecular flexibility index (Phi) is 2.82. The Morgan fingerprint density at radius 3 is 2.84 bits per heavy atom. The van der Waals surface area contributed by atoms with Gasteiger partial charge < -0.3 is 15.5 Å². The second-order valence-electron chi connectivity index (χ2n) is 5.33. The molecule has 100 valence electrons. The molecule has 4 heteroatoms. The van der Waals surface area contributed by atoms with Crippen molar-refractivity contribution in [1.82, 2.24) is 9.97 Å². The van der Waals surface area contributed by atoms with E-state index < -0.39 is 0 Å². The van der Waals surface area contributed by atoms with Gasteiger partial charge in [-0.05, 0) is 31.9 Å². The van der Waals surface area contributed by atoms with Gasteiger partial charge in [-0.2, -0.15) is 0 Å². The van der Waals surface area contributed by atoms with E-state index in [0.29, 0.717) is 6.54 Å². The van der Waals surface area contributed by atoms with Crippen LogP contribution < -0.4 is 10.5 Å². The Morgan fingerprint density at radius 2 is 2.21 bits per heavy atom. The summed E-state index contributed by atoms with van der Waals surface area (Å²) in [5.74, 6) is 1.87. The normalized spacial score (nSPS) is 16.4. The van der Waals surface area contributed by atoms with E-state index in [1.807, 2.05) is 18.3 Å². The highest BCUT2D eigenvalue weighted by atomic mass is 16.5. The van der Waals surface area contributed by atoms with E-state index in [1.165, 1.54) is 5.56 Å². The molecule has 1 aliphatic rings. The fourth-order valence-electron chi connectivity index (χ4n) is 2.45. The number of benzene rings is 1. The number of ether oxygens (including phenoxy) is 1. The van der Waals surface area contributed by atoms with Crippen LogP contribution in [-0.4, -0.2) is 23.6 Å². The highest BCUT2D eigenvalue weighted by molar-refractivity contribution is 5.67. The lowest BCUT2D eigenvalue weighted by Gasteiger charge is -2.09. The first-order valence-electron chi connectivity index (χ1n) is 6.59. The molecule has 1 aromatic carbocycles. The van der Waals surface area contributed by atoms with E-state index in [4.69, 9.17) is 10.5 Å². The van der Waals surface area contributed by atoms with Gasteiger partial charge >= 0.3 is 0 Å². The summed E-state index contributed by atoms with van der Waals surface area (Å²) in [6.45, 7) is 2.73. The van der Waals surface area contributed by atoms with Crippen LogP contribution in [0.15, 0.2) is 24.4 Å². The molecule has 1 aromatic heterocycles. The number of nitrogens with zero attached hydrogens (tertiary/aromatic N) is 1. The topological polar surface area (TPSA) is 63.9 Å². The molecule has 0 spiro atoms. The summed E-state index contributed by atoms with van der Waals surface area (Å²) in [5.41, 5.74) is 9.18. The summed E-state index contributed by atoms with van der Waals surface area (Å²) < 4.78 is 5.42. The van der Waals surface area contributed by atoms with E-state index in [2.05, 4.69) is 23.0 Å². The molecule has 19 heavy (non-hydrogen) atoms. The Bertz CT molecular complexity index is 599. The van der Waals surface area contributed by atoms with Crippen LogP contribution in [0, 0.1) is 6.92 Å². The predicted molar refractivity (Wildman–Crippen MR) is 75.3 cm³/mol. The molecule has 0 radical (unpaired) electrons. The summed E-state index contributed by atoms with van der Waals surface area (Å²) in [6.07, 6.45) is 4.13. The first-order chi connectivity index (χ1) is 9.18. The van der Waals surface area contributed by atoms with Crippen molar-refractivity contribution in [2.45, 2.75) is 25.2 Å². The number of aromatic nitrogens is 2. The Hall–Kier alpha value is -1.81. The average molecular weight is 257 g/mol. The van der Waals surface area contributed by atoms with Gasteiger partial charge in [-0.25, -0.2) is 4.98 Å². The Labute approximate surface area is 113 Å². The maximum atomic E-state index is 5.84. The maximum absolute atomic E-state index is 5.84. The van der Waals surface area contributed by atoms with Crippen LogP contribution >= 0.6 is 0 Å². The molecule has 1 fully saturated rings. The highest BCUT2D eigenvalue weighted by Crippen LogP contribution is 2.46. The van der Waals surface area contributed by atoms with E-state index in [1.54, 1.807) is 7.11 Å². The quantitative estimate of drug-likeness (QED) is 0.884. The van der Waals surface area contributed by atoms with E-state index in [-0.39, 0.29) is 5.41 Å². The summed E-state index contributed by atoms with van der Waals surface area (Å²) in [5, 5.41) is 0. The van der Waals surface area contributed by atoms with Crippen molar-refractivity contribution < 1.29 is 4.74 Å². The molecule has 0 bridgehead atoms. The number of hydrogen-bond acceptors (Lipinski definition) is 3. The molecule has 4 nitrogen and oxygen atoms in total. The molecule has 0 unspecified atom stereocenters. The fraction of sp³-hybridized carbons (Fsp3) is 0.400. The first-order valence-corrected chi connectivity index (χ1v) is 6.59. The number of aryl methyl sites for hydroxylation is 1. The molecule has 2 aromatic rings. The van der Waals surface area contributed by atoms with Gasteiger partial charge in [0.25, 0.3) is 0 Å². The molecule has 1 saturated carbocycles. The molecule has 0 saturated heterocycles. The van der Waals surface area contributed by atoms with Gasteiger partial charge in [-0.1, -0.05) is 11.6 Å². The van der Waals surface area contributed by atoms with Gasteiger partial charge in [0.15, 0.2) is 0 Å². The number of hydrogen-bond donors (Lipinski definition) is 2. The molecule has 3 rings (SSSR count). The largest absolute Gasteiger partial charge is 0.496 e. The molecule has 0 atom stereocenters. The minimum Gasteiger partial charge on any atom is -0.496 e. The van der Waals surface area contributed by atoms with Crippen LogP contribution in [0.4, 0.5) is 0 Å². The molecule has 1 heterocycles. The van der Waals surface area contributed by atoms with E-state index in [0.717, 1.165) is 35.7 Å². The maximum Gasteiger partial charge on any atom is 0.128 e. The number of aromatic amines is 1. The number of rotatable bonds is 4.